The van der Waals surface area contributed by atoms with Gasteiger partial charge in [-0.3, -0.25) is 0 Å². The van der Waals surface area contributed by atoms with Gasteiger partial charge >= 0.3 is 0 Å². The SMILES string of the molecule is C[C@H]1CCCN(c2ccc(N)cc2Br)C1. The summed E-state index contributed by atoms with van der Waals surface area (Å²) in [4.78, 5) is 2.44. The third-order valence-corrected chi connectivity index (χ3v) is 3.60. The molecule has 1 aromatic carbocycles. The normalized spacial score (nSPS) is 21.7. The van der Waals surface area contributed by atoms with Crippen LogP contribution in [0.1, 0.15) is 19.8 Å². The summed E-state index contributed by atoms with van der Waals surface area (Å²) in [7, 11) is 0. The third kappa shape index (κ3) is 2.46. The fourth-order valence-corrected chi connectivity index (χ4v) is 2.84. The van der Waals surface area contributed by atoms with Gasteiger partial charge in [-0.1, -0.05) is 6.92 Å². The highest BCUT2D eigenvalue weighted by molar-refractivity contribution is 9.10. The molecule has 0 saturated carbocycles. The molecule has 1 fully saturated rings. The number of anilines is 2. The van der Waals surface area contributed by atoms with Crippen molar-refractivity contribution in [2.75, 3.05) is 23.7 Å². The van der Waals surface area contributed by atoms with Gasteiger partial charge in [0.05, 0.1) is 5.69 Å². The van der Waals surface area contributed by atoms with E-state index in [-0.39, 0.29) is 0 Å². The Morgan fingerprint density at radius 3 is 2.93 bits per heavy atom. The summed E-state index contributed by atoms with van der Waals surface area (Å²) in [6.07, 6.45) is 2.64. The van der Waals surface area contributed by atoms with Crippen LogP contribution in [0.15, 0.2) is 22.7 Å². The van der Waals surface area contributed by atoms with E-state index in [1.165, 1.54) is 18.5 Å². The Hall–Kier alpha value is -0.700. The molecule has 2 N–H and O–H groups in total. The Balaban J connectivity index is 2.21. The average Bonchev–Trinajstić information content (AvgIpc) is 2.17. The molecule has 1 saturated heterocycles. The highest BCUT2D eigenvalue weighted by Gasteiger charge is 2.18. The number of halogens is 1. The molecular weight excluding hydrogens is 252 g/mol. The lowest BCUT2D eigenvalue weighted by atomic mass is 10.00. The fraction of sp³-hybridized carbons (Fsp3) is 0.500. The van der Waals surface area contributed by atoms with Crippen LogP contribution in [0.2, 0.25) is 0 Å². The zero-order valence-corrected chi connectivity index (χ0v) is 10.6. The van der Waals surface area contributed by atoms with Crippen molar-refractivity contribution in [3.63, 3.8) is 0 Å². The van der Waals surface area contributed by atoms with Crippen LogP contribution in [0.5, 0.6) is 0 Å². The molecule has 0 unspecified atom stereocenters. The van der Waals surface area contributed by atoms with Crippen LogP contribution >= 0.6 is 15.9 Å². The minimum atomic E-state index is 0.795. The van der Waals surface area contributed by atoms with Crippen molar-refractivity contribution in [2.24, 2.45) is 5.92 Å². The van der Waals surface area contributed by atoms with E-state index in [1.807, 2.05) is 12.1 Å². The van der Waals surface area contributed by atoms with E-state index < -0.39 is 0 Å². The molecule has 1 aliphatic rings. The minimum Gasteiger partial charge on any atom is -0.399 e. The molecule has 1 heterocycles. The lowest BCUT2D eigenvalue weighted by Crippen LogP contribution is -2.34. The quantitative estimate of drug-likeness (QED) is 0.793. The molecule has 1 aliphatic heterocycles. The van der Waals surface area contributed by atoms with Crippen molar-refractivity contribution < 1.29 is 0 Å². The van der Waals surface area contributed by atoms with Crippen molar-refractivity contribution in [1.82, 2.24) is 0 Å². The highest BCUT2D eigenvalue weighted by atomic mass is 79.9. The molecule has 2 nitrogen and oxygen atoms in total. The number of hydrogen-bond donors (Lipinski definition) is 1. The van der Waals surface area contributed by atoms with Crippen LogP contribution in [0.3, 0.4) is 0 Å². The highest BCUT2D eigenvalue weighted by Crippen LogP contribution is 2.31. The van der Waals surface area contributed by atoms with Crippen molar-refractivity contribution in [1.29, 1.82) is 0 Å². The molecule has 0 aliphatic carbocycles. The molecule has 1 atom stereocenters. The van der Waals surface area contributed by atoms with E-state index in [4.69, 9.17) is 5.73 Å². The zero-order valence-electron chi connectivity index (χ0n) is 9.04. The molecule has 3 heteroatoms. The van der Waals surface area contributed by atoms with Crippen LogP contribution in [-0.2, 0) is 0 Å². The van der Waals surface area contributed by atoms with Crippen LogP contribution in [0.4, 0.5) is 11.4 Å². The van der Waals surface area contributed by atoms with Gasteiger partial charge in [-0.2, -0.15) is 0 Å². The molecule has 0 amide bonds. The number of nitrogen functional groups attached to an aromatic ring is 1. The Morgan fingerprint density at radius 2 is 2.27 bits per heavy atom. The van der Waals surface area contributed by atoms with Crippen LogP contribution in [0.25, 0.3) is 0 Å². The molecular formula is C12H17BrN2. The number of nitrogens with two attached hydrogens (primary N) is 1. The number of piperidine rings is 1. The number of hydrogen-bond acceptors (Lipinski definition) is 2. The Morgan fingerprint density at radius 1 is 1.47 bits per heavy atom. The maximum absolute atomic E-state index is 5.74. The molecule has 15 heavy (non-hydrogen) atoms. The zero-order chi connectivity index (χ0) is 10.8. The Kier molecular flexibility index (Phi) is 3.19. The van der Waals surface area contributed by atoms with E-state index in [9.17, 15) is 0 Å². The fourth-order valence-electron chi connectivity index (χ4n) is 2.19. The van der Waals surface area contributed by atoms with Crippen molar-refractivity contribution in [3.05, 3.63) is 22.7 Å². The minimum absolute atomic E-state index is 0.795. The first-order chi connectivity index (χ1) is 7.16. The van der Waals surface area contributed by atoms with Gasteiger partial charge in [0.2, 0.25) is 0 Å². The summed E-state index contributed by atoms with van der Waals surface area (Å²) in [5, 5.41) is 0. The van der Waals surface area contributed by atoms with Crippen LogP contribution in [0, 0.1) is 5.92 Å². The van der Waals surface area contributed by atoms with E-state index in [2.05, 4.69) is 33.8 Å². The first kappa shape index (κ1) is 10.8. The van der Waals surface area contributed by atoms with E-state index in [0.717, 1.165) is 29.2 Å². The van der Waals surface area contributed by atoms with Gasteiger partial charge in [-0.15, -0.1) is 0 Å². The number of benzene rings is 1. The van der Waals surface area contributed by atoms with Gasteiger partial charge in [0.15, 0.2) is 0 Å². The summed E-state index contributed by atoms with van der Waals surface area (Å²) < 4.78 is 1.11. The second kappa shape index (κ2) is 4.44. The largest absolute Gasteiger partial charge is 0.399 e. The molecule has 2 rings (SSSR count). The van der Waals surface area contributed by atoms with Crippen molar-refractivity contribution in [3.8, 4) is 0 Å². The lowest BCUT2D eigenvalue weighted by molar-refractivity contribution is 0.446. The van der Waals surface area contributed by atoms with Gasteiger partial charge in [-0.25, -0.2) is 0 Å². The summed E-state index contributed by atoms with van der Waals surface area (Å²) >= 11 is 3.58. The number of rotatable bonds is 1. The van der Waals surface area contributed by atoms with Crippen molar-refractivity contribution >= 4 is 27.3 Å². The van der Waals surface area contributed by atoms with E-state index >= 15 is 0 Å². The second-order valence-corrected chi connectivity index (χ2v) is 5.26. The molecule has 0 spiro atoms. The molecule has 0 radical (unpaired) electrons. The predicted molar refractivity (Wildman–Crippen MR) is 69.2 cm³/mol. The van der Waals surface area contributed by atoms with Gasteiger partial charge in [-0.05, 0) is 52.9 Å². The topological polar surface area (TPSA) is 29.3 Å². The van der Waals surface area contributed by atoms with Gasteiger partial charge in [0, 0.05) is 23.2 Å². The smallest absolute Gasteiger partial charge is 0.0512 e. The monoisotopic (exact) mass is 268 g/mol. The Labute approximate surface area is 99.6 Å². The maximum Gasteiger partial charge on any atom is 0.0512 e. The second-order valence-electron chi connectivity index (χ2n) is 4.40. The van der Waals surface area contributed by atoms with E-state index in [1.54, 1.807) is 0 Å². The van der Waals surface area contributed by atoms with Gasteiger partial charge in [0.1, 0.15) is 0 Å². The first-order valence-corrected chi connectivity index (χ1v) is 6.26. The summed E-state index contributed by atoms with van der Waals surface area (Å²) in [6, 6.07) is 6.06. The summed E-state index contributed by atoms with van der Waals surface area (Å²) in [5.41, 5.74) is 7.83. The lowest BCUT2D eigenvalue weighted by Gasteiger charge is -2.33. The predicted octanol–water partition coefficient (Wildman–Crippen LogP) is 3.27. The molecule has 1 aromatic rings. The standard InChI is InChI=1S/C12H17BrN2/c1-9-3-2-6-15(8-9)12-5-4-10(14)7-11(12)13/h4-5,7,9H,2-3,6,8,14H2,1H3/t9-/m0/s1. The first-order valence-electron chi connectivity index (χ1n) is 5.47. The molecule has 0 aromatic heterocycles. The van der Waals surface area contributed by atoms with Crippen LogP contribution < -0.4 is 10.6 Å². The number of nitrogens with zero attached hydrogens (tertiary/aromatic N) is 1. The summed E-state index contributed by atoms with van der Waals surface area (Å²) in [6.45, 7) is 4.63. The summed E-state index contributed by atoms with van der Waals surface area (Å²) in [5.74, 6) is 0.795. The molecule has 82 valence electrons. The Bertz CT molecular complexity index is 351. The van der Waals surface area contributed by atoms with E-state index in [0.29, 0.717) is 0 Å². The van der Waals surface area contributed by atoms with Gasteiger partial charge < -0.3 is 10.6 Å². The van der Waals surface area contributed by atoms with Gasteiger partial charge in [0.25, 0.3) is 0 Å². The molecule has 0 bridgehead atoms. The van der Waals surface area contributed by atoms with Crippen molar-refractivity contribution in [2.45, 2.75) is 19.8 Å². The third-order valence-electron chi connectivity index (χ3n) is 2.97. The maximum atomic E-state index is 5.74. The van der Waals surface area contributed by atoms with Crippen LogP contribution in [-0.4, -0.2) is 13.1 Å². The average molecular weight is 269 g/mol.